The van der Waals surface area contributed by atoms with Crippen molar-refractivity contribution in [3.63, 3.8) is 0 Å². The Morgan fingerprint density at radius 3 is 2.89 bits per heavy atom. The SMILES string of the molecule is CC1(NC(=O)c2n[nH]c3ccc(N)cc23)CCCC1. The largest absolute Gasteiger partial charge is 0.399 e. The molecule has 0 radical (unpaired) electrons. The Morgan fingerprint density at radius 1 is 1.42 bits per heavy atom. The second-order valence-electron chi connectivity index (χ2n) is 5.60. The van der Waals surface area contributed by atoms with Crippen LogP contribution in [0.2, 0.25) is 0 Å². The maximum atomic E-state index is 12.4. The highest BCUT2D eigenvalue weighted by Crippen LogP contribution is 2.29. The molecule has 0 bridgehead atoms. The summed E-state index contributed by atoms with van der Waals surface area (Å²) in [5.74, 6) is -0.124. The van der Waals surface area contributed by atoms with Gasteiger partial charge in [-0.15, -0.1) is 0 Å². The van der Waals surface area contributed by atoms with Crippen LogP contribution in [0.1, 0.15) is 43.1 Å². The van der Waals surface area contributed by atoms with E-state index in [2.05, 4.69) is 22.4 Å². The number of H-pyrrole nitrogens is 1. The molecular formula is C14H18N4O. The van der Waals surface area contributed by atoms with E-state index in [9.17, 15) is 4.79 Å². The molecule has 2 aromatic rings. The molecule has 0 spiro atoms. The summed E-state index contributed by atoms with van der Waals surface area (Å²) in [5.41, 5.74) is 7.56. The number of aromatic amines is 1. The van der Waals surface area contributed by atoms with Crippen LogP contribution < -0.4 is 11.1 Å². The smallest absolute Gasteiger partial charge is 0.272 e. The van der Waals surface area contributed by atoms with Gasteiger partial charge in [0.15, 0.2) is 5.69 Å². The maximum absolute atomic E-state index is 12.4. The molecule has 1 aromatic carbocycles. The molecular weight excluding hydrogens is 240 g/mol. The number of hydrogen-bond donors (Lipinski definition) is 3. The third-order valence-electron chi connectivity index (χ3n) is 3.92. The summed E-state index contributed by atoms with van der Waals surface area (Å²) in [6.45, 7) is 2.10. The number of nitrogen functional groups attached to an aromatic ring is 1. The van der Waals surface area contributed by atoms with Gasteiger partial charge in [-0.2, -0.15) is 5.10 Å². The van der Waals surface area contributed by atoms with Crippen molar-refractivity contribution < 1.29 is 4.79 Å². The van der Waals surface area contributed by atoms with Gasteiger partial charge >= 0.3 is 0 Å². The normalized spacial score (nSPS) is 17.7. The van der Waals surface area contributed by atoms with Gasteiger partial charge in [0.25, 0.3) is 5.91 Å². The molecule has 1 heterocycles. The Bertz CT molecular complexity index is 625. The fourth-order valence-corrected chi connectivity index (χ4v) is 2.82. The average Bonchev–Trinajstić information content (AvgIpc) is 2.95. The van der Waals surface area contributed by atoms with Crippen LogP contribution >= 0.6 is 0 Å². The van der Waals surface area contributed by atoms with E-state index in [4.69, 9.17) is 5.73 Å². The molecule has 1 aliphatic rings. The van der Waals surface area contributed by atoms with Crippen molar-refractivity contribution in [3.05, 3.63) is 23.9 Å². The highest BCUT2D eigenvalue weighted by Gasteiger charge is 2.31. The molecule has 1 fully saturated rings. The number of hydrogen-bond acceptors (Lipinski definition) is 3. The summed E-state index contributed by atoms with van der Waals surface area (Å²) in [7, 11) is 0. The van der Waals surface area contributed by atoms with Crippen LogP contribution in [0, 0.1) is 0 Å². The fourth-order valence-electron chi connectivity index (χ4n) is 2.82. The minimum atomic E-state index is -0.124. The highest BCUT2D eigenvalue weighted by molar-refractivity contribution is 6.05. The summed E-state index contributed by atoms with van der Waals surface area (Å²) < 4.78 is 0. The third kappa shape index (κ3) is 2.16. The third-order valence-corrected chi connectivity index (χ3v) is 3.92. The van der Waals surface area contributed by atoms with Crippen molar-refractivity contribution >= 4 is 22.5 Å². The molecule has 1 aromatic heterocycles. The summed E-state index contributed by atoms with van der Waals surface area (Å²) in [4.78, 5) is 12.4. The Morgan fingerprint density at radius 2 is 2.16 bits per heavy atom. The number of carbonyl (C=O) groups is 1. The number of amides is 1. The van der Waals surface area contributed by atoms with E-state index in [-0.39, 0.29) is 11.4 Å². The van der Waals surface area contributed by atoms with E-state index >= 15 is 0 Å². The number of rotatable bonds is 2. The topological polar surface area (TPSA) is 83.8 Å². The highest BCUT2D eigenvalue weighted by atomic mass is 16.2. The predicted molar refractivity (Wildman–Crippen MR) is 74.8 cm³/mol. The number of nitrogens with two attached hydrogens (primary N) is 1. The number of nitrogens with zero attached hydrogens (tertiary/aromatic N) is 1. The molecule has 3 rings (SSSR count). The molecule has 100 valence electrons. The fraction of sp³-hybridized carbons (Fsp3) is 0.429. The first-order valence-corrected chi connectivity index (χ1v) is 6.64. The minimum Gasteiger partial charge on any atom is -0.399 e. The van der Waals surface area contributed by atoms with Gasteiger partial charge in [-0.05, 0) is 38.0 Å². The van der Waals surface area contributed by atoms with Gasteiger partial charge < -0.3 is 11.1 Å². The summed E-state index contributed by atoms with van der Waals surface area (Å²) in [6.07, 6.45) is 4.41. The van der Waals surface area contributed by atoms with Crippen LogP contribution in [0.15, 0.2) is 18.2 Å². The molecule has 4 N–H and O–H groups in total. The van der Waals surface area contributed by atoms with Crippen LogP contribution in [0.25, 0.3) is 10.9 Å². The van der Waals surface area contributed by atoms with Crippen LogP contribution in [-0.2, 0) is 0 Å². The maximum Gasteiger partial charge on any atom is 0.272 e. The lowest BCUT2D eigenvalue weighted by molar-refractivity contribution is 0.0904. The molecule has 1 saturated carbocycles. The van der Waals surface area contributed by atoms with Gasteiger partial charge in [0.1, 0.15) is 0 Å². The zero-order valence-corrected chi connectivity index (χ0v) is 11.0. The van der Waals surface area contributed by atoms with Crippen molar-refractivity contribution in [2.45, 2.75) is 38.1 Å². The summed E-state index contributed by atoms with van der Waals surface area (Å²) in [6, 6.07) is 5.41. The van der Waals surface area contributed by atoms with Crippen LogP contribution in [-0.4, -0.2) is 21.6 Å². The van der Waals surface area contributed by atoms with Crippen molar-refractivity contribution in [2.75, 3.05) is 5.73 Å². The number of benzene rings is 1. The van der Waals surface area contributed by atoms with Gasteiger partial charge in [0.05, 0.1) is 5.52 Å². The quantitative estimate of drug-likeness (QED) is 0.722. The lowest BCUT2D eigenvalue weighted by atomic mass is 10.0. The molecule has 5 nitrogen and oxygen atoms in total. The first-order valence-electron chi connectivity index (χ1n) is 6.64. The molecule has 0 atom stereocenters. The Balaban J connectivity index is 1.91. The Labute approximate surface area is 111 Å². The second-order valence-corrected chi connectivity index (χ2v) is 5.60. The van der Waals surface area contributed by atoms with Gasteiger partial charge in [-0.1, -0.05) is 12.8 Å². The average molecular weight is 258 g/mol. The number of carbonyl (C=O) groups excluding carboxylic acids is 1. The van der Waals surface area contributed by atoms with Crippen LogP contribution in [0.4, 0.5) is 5.69 Å². The number of nitrogens with one attached hydrogen (secondary N) is 2. The summed E-state index contributed by atoms with van der Waals surface area (Å²) >= 11 is 0. The van der Waals surface area contributed by atoms with Gasteiger partial charge in [0, 0.05) is 16.6 Å². The predicted octanol–water partition coefficient (Wildman–Crippen LogP) is 2.21. The van der Waals surface area contributed by atoms with Gasteiger partial charge in [-0.3, -0.25) is 9.89 Å². The van der Waals surface area contributed by atoms with Crippen LogP contribution in [0.5, 0.6) is 0 Å². The Kier molecular flexibility index (Phi) is 2.69. The van der Waals surface area contributed by atoms with E-state index in [1.54, 1.807) is 12.1 Å². The molecule has 0 saturated heterocycles. The van der Waals surface area contributed by atoms with Crippen molar-refractivity contribution in [2.24, 2.45) is 0 Å². The van der Waals surface area contributed by atoms with E-state index in [0.717, 1.165) is 23.7 Å². The Hall–Kier alpha value is -2.04. The summed E-state index contributed by atoms with van der Waals surface area (Å²) in [5, 5.41) is 10.9. The monoisotopic (exact) mass is 258 g/mol. The van der Waals surface area contributed by atoms with E-state index in [1.807, 2.05) is 6.07 Å². The number of fused-ring (bicyclic) bond motifs is 1. The minimum absolute atomic E-state index is 0.0946. The lowest BCUT2D eigenvalue weighted by Gasteiger charge is -2.24. The van der Waals surface area contributed by atoms with Crippen molar-refractivity contribution in [3.8, 4) is 0 Å². The van der Waals surface area contributed by atoms with Crippen molar-refractivity contribution in [1.82, 2.24) is 15.5 Å². The van der Waals surface area contributed by atoms with E-state index < -0.39 is 0 Å². The molecule has 0 aliphatic heterocycles. The first kappa shape index (κ1) is 12.0. The molecule has 19 heavy (non-hydrogen) atoms. The molecule has 1 aliphatic carbocycles. The zero-order chi connectivity index (χ0) is 13.5. The van der Waals surface area contributed by atoms with Crippen LogP contribution in [0.3, 0.4) is 0 Å². The molecule has 1 amide bonds. The molecule has 0 unspecified atom stereocenters. The van der Waals surface area contributed by atoms with Crippen molar-refractivity contribution in [1.29, 1.82) is 0 Å². The number of anilines is 1. The van der Waals surface area contributed by atoms with E-state index in [1.165, 1.54) is 12.8 Å². The first-order chi connectivity index (χ1) is 9.07. The second kappa shape index (κ2) is 4.26. The lowest BCUT2D eigenvalue weighted by Crippen LogP contribution is -2.43. The van der Waals surface area contributed by atoms with E-state index in [0.29, 0.717) is 11.4 Å². The van der Waals surface area contributed by atoms with Gasteiger partial charge in [-0.25, -0.2) is 0 Å². The number of aromatic nitrogens is 2. The zero-order valence-electron chi connectivity index (χ0n) is 11.0. The standard InChI is InChI=1S/C14H18N4O/c1-14(6-2-3-7-14)16-13(19)12-10-8-9(15)4-5-11(10)17-18-12/h4-5,8H,2-3,6-7,15H2,1H3,(H,16,19)(H,17,18). The molecule has 5 heteroatoms. The van der Waals surface area contributed by atoms with Gasteiger partial charge in [0.2, 0.25) is 0 Å².